The van der Waals surface area contributed by atoms with Crippen LogP contribution < -0.4 is 5.32 Å². The van der Waals surface area contributed by atoms with E-state index in [0.29, 0.717) is 12.0 Å². The van der Waals surface area contributed by atoms with E-state index in [1.807, 2.05) is 17.2 Å². The van der Waals surface area contributed by atoms with E-state index in [-0.39, 0.29) is 6.03 Å². The van der Waals surface area contributed by atoms with Crippen LogP contribution in [-0.4, -0.2) is 53.5 Å². The molecular formula is C18H26N4O. The lowest BCUT2D eigenvalue weighted by Crippen LogP contribution is -2.43. The predicted octanol–water partition coefficient (Wildman–Crippen LogP) is 2.26. The number of nitrogens with one attached hydrogen (secondary N) is 1. The van der Waals surface area contributed by atoms with Crippen molar-refractivity contribution >= 4 is 6.03 Å². The molecule has 1 aliphatic carbocycles. The van der Waals surface area contributed by atoms with Crippen molar-refractivity contribution in [2.24, 2.45) is 5.92 Å². The zero-order chi connectivity index (χ0) is 16.1. The number of carbonyl (C=O) groups is 1. The Morgan fingerprint density at radius 1 is 1.43 bits per heavy atom. The van der Waals surface area contributed by atoms with E-state index in [1.54, 1.807) is 6.20 Å². The fraction of sp³-hybridized carbons (Fsp3) is 0.556. The summed E-state index contributed by atoms with van der Waals surface area (Å²) >= 11 is 0. The second kappa shape index (κ2) is 7.59. The molecule has 1 aromatic heterocycles. The van der Waals surface area contributed by atoms with Crippen LogP contribution in [0.2, 0.25) is 0 Å². The summed E-state index contributed by atoms with van der Waals surface area (Å²) < 4.78 is 0. The van der Waals surface area contributed by atoms with Gasteiger partial charge in [-0.3, -0.25) is 4.98 Å². The van der Waals surface area contributed by atoms with Gasteiger partial charge in [-0.05, 0) is 43.9 Å². The molecule has 2 aliphatic rings. The molecule has 3 rings (SSSR count). The van der Waals surface area contributed by atoms with Gasteiger partial charge in [-0.15, -0.1) is 0 Å². The highest BCUT2D eigenvalue weighted by Crippen LogP contribution is 2.19. The summed E-state index contributed by atoms with van der Waals surface area (Å²) in [5.74, 6) is 0.559. The molecular weight excluding hydrogens is 288 g/mol. The van der Waals surface area contributed by atoms with E-state index in [0.717, 1.165) is 45.4 Å². The molecule has 5 nitrogen and oxygen atoms in total. The Morgan fingerprint density at radius 2 is 2.26 bits per heavy atom. The first kappa shape index (κ1) is 16.0. The summed E-state index contributed by atoms with van der Waals surface area (Å²) in [5.41, 5.74) is 1.23. The van der Waals surface area contributed by atoms with E-state index < -0.39 is 0 Å². The number of amides is 2. The summed E-state index contributed by atoms with van der Waals surface area (Å²) in [7, 11) is 2.14. The SMILES string of the molecule is CN(Cc1cccnc1)CC1CCN(C(=O)NC2CC=CC2)C1. The van der Waals surface area contributed by atoms with Gasteiger partial charge in [-0.1, -0.05) is 18.2 Å². The van der Waals surface area contributed by atoms with Crippen molar-refractivity contribution in [2.45, 2.75) is 31.8 Å². The molecule has 1 fully saturated rings. The zero-order valence-electron chi connectivity index (χ0n) is 13.8. The lowest BCUT2D eigenvalue weighted by molar-refractivity contribution is 0.200. The second-order valence-corrected chi connectivity index (χ2v) is 6.75. The van der Waals surface area contributed by atoms with Gasteiger partial charge in [0, 0.05) is 44.6 Å². The van der Waals surface area contributed by atoms with Crippen LogP contribution >= 0.6 is 0 Å². The lowest BCUT2D eigenvalue weighted by Gasteiger charge is -2.23. The Balaban J connectivity index is 1.41. The summed E-state index contributed by atoms with van der Waals surface area (Å²) in [6.07, 6.45) is 11.0. The van der Waals surface area contributed by atoms with Crippen molar-refractivity contribution in [1.82, 2.24) is 20.1 Å². The second-order valence-electron chi connectivity index (χ2n) is 6.75. The van der Waals surface area contributed by atoms with Crippen LogP contribution in [0.25, 0.3) is 0 Å². The van der Waals surface area contributed by atoms with Gasteiger partial charge in [0.05, 0.1) is 0 Å². The van der Waals surface area contributed by atoms with Crippen molar-refractivity contribution in [3.63, 3.8) is 0 Å². The quantitative estimate of drug-likeness (QED) is 0.848. The molecule has 5 heteroatoms. The fourth-order valence-corrected chi connectivity index (χ4v) is 3.48. The summed E-state index contributed by atoms with van der Waals surface area (Å²) in [5, 5.41) is 3.14. The van der Waals surface area contributed by atoms with Gasteiger partial charge in [0.15, 0.2) is 0 Å². The number of likely N-dealkylation sites (tertiary alicyclic amines) is 1. The maximum Gasteiger partial charge on any atom is 0.317 e. The summed E-state index contributed by atoms with van der Waals surface area (Å²) in [4.78, 5) is 20.7. The molecule has 1 aliphatic heterocycles. The van der Waals surface area contributed by atoms with Crippen LogP contribution in [0.15, 0.2) is 36.7 Å². The number of urea groups is 1. The molecule has 0 bridgehead atoms. The Kier molecular flexibility index (Phi) is 5.28. The minimum atomic E-state index is 0.108. The first-order valence-corrected chi connectivity index (χ1v) is 8.48. The average Bonchev–Trinajstić information content (AvgIpc) is 3.20. The van der Waals surface area contributed by atoms with Gasteiger partial charge in [0.2, 0.25) is 0 Å². The number of aromatic nitrogens is 1. The normalized spacial score (nSPS) is 21.3. The van der Waals surface area contributed by atoms with E-state index in [4.69, 9.17) is 0 Å². The number of rotatable bonds is 5. The van der Waals surface area contributed by atoms with Crippen LogP contribution in [0.5, 0.6) is 0 Å². The molecule has 1 N–H and O–H groups in total. The Morgan fingerprint density at radius 3 is 3.00 bits per heavy atom. The summed E-state index contributed by atoms with van der Waals surface area (Å²) in [6, 6.07) is 4.49. The topological polar surface area (TPSA) is 48.5 Å². The third kappa shape index (κ3) is 4.55. The van der Waals surface area contributed by atoms with Crippen LogP contribution in [0.3, 0.4) is 0 Å². The molecule has 1 atom stereocenters. The third-order valence-electron chi connectivity index (χ3n) is 4.65. The standard InChI is InChI=1S/C18H26N4O/c1-21(12-15-5-4-9-19-11-15)13-16-8-10-22(14-16)18(23)20-17-6-2-3-7-17/h2-5,9,11,16-17H,6-8,10,12-14H2,1H3,(H,20,23). The minimum Gasteiger partial charge on any atom is -0.335 e. The highest BCUT2D eigenvalue weighted by Gasteiger charge is 2.28. The Labute approximate surface area is 138 Å². The third-order valence-corrected chi connectivity index (χ3v) is 4.65. The molecule has 0 aromatic carbocycles. The summed E-state index contributed by atoms with van der Waals surface area (Å²) in [6.45, 7) is 3.66. The first-order chi connectivity index (χ1) is 11.2. The molecule has 1 aromatic rings. The van der Waals surface area contributed by atoms with Crippen LogP contribution in [-0.2, 0) is 6.54 Å². The molecule has 2 amide bonds. The van der Waals surface area contributed by atoms with Crippen molar-refractivity contribution in [1.29, 1.82) is 0 Å². The molecule has 1 saturated heterocycles. The number of pyridine rings is 1. The van der Waals surface area contributed by atoms with Gasteiger partial charge in [-0.25, -0.2) is 4.79 Å². The number of nitrogens with zero attached hydrogens (tertiary/aromatic N) is 3. The maximum atomic E-state index is 12.3. The zero-order valence-corrected chi connectivity index (χ0v) is 13.8. The van der Waals surface area contributed by atoms with Crippen LogP contribution in [0.1, 0.15) is 24.8 Å². The average molecular weight is 314 g/mol. The van der Waals surface area contributed by atoms with E-state index in [1.165, 1.54) is 5.56 Å². The highest BCUT2D eigenvalue weighted by molar-refractivity contribution is 5.75. The first-order valence-electron chi connectivity index (χ1n) is 8.48. The van der Waals surface area contributed by atoms with Crippen molar-refractivity contribution < 1.29 is 4.79 Å². The molecule has 0 saturated carbocycles. The fourth-order valence-electron chi connectivity index (χ4n) is 3.48. The van der Waals surface area contributed by atoms with Crippen LogP contribution in [0.4, 0.5) is 4.79 Å². The predicted molar refractivity (Wildman–Crippen MR) is 90.9 cm³/mol. The highest BCUT2D eigenvalue weighted by atomic mass is 16.2. The molecule has 0 radical (unpaired) electrons. The maximum absolute atomic E-state index is 12.3. The van der Waals surface area contributed by atoms with Gasteiger partial charge in [0.25, 0.3) is 0 Å². The number of hydrogen-bond donors (Lipinski definition) is 1. The van der Waals surface area contributed by atoms with Crippen molar-refractivity contribution in [3.8, 4) is 0 Å². The molecule has 1 unspecified atom stereocenters. The molecule has 0 spiro atoms. The Bertz CT molecular complexity index is 537. The van der Waals surface area contributed by atoms with Crippen molar-refractivity contribution in [2.75, 3.05) is 26.7 Å². The largest absolute Gasteiger partial charge is 0.335 e. The van der Waals surface area contributed by atoms with E-state index in [9.17, 15) is 4.79 Å². The minimum absolute atomic E-state index is 0.108. The number of carbonyl (C=O) groups excluding carboxylic acids is 1. The monoisotopic (exact) mass is 314 g/mol. The van der Waals surface area contributed by atoms with Crippen molar-refractivity contribution in [3.05, 3.63) is 42.2 Å². The molecule has 2 heterocycles. The molecule has 124 valence electrons. The lowest BCUT2D eigenvalue weighted by atomic mass is 10.1. The molecule has 23 heavy (non-hydrogen) atoms. The van der Waals surface area contributed by atoms with Crippen LogP contribution in [0, 0.1) is 5.92 Å². The number of hydrogen-bond acceptors (Lipinski definition) is 3. The Hall–Kier alpha value is -1.88. The van der Waals surface area contributed by atoms with Gasteiger partial charge >= 0.3 is 6.03 Å². The van der Waals surface area contributed by atoms with Gasteiger partial charge < -0.3 is 15.1 Å². The van der Waals surface area contributed by atoms with E-state index >= 15 is 0 Å². The van der Waals surface area contributed by atoms with Gasteiger partial charge in [-0.2, -0.15) is 0 Å². The smallest absolute Gasteiger partial charge is 0.317 e. The van der Waals surface area contributed by atoms with Gasteiger partial charge in [0.1, 0.15) is 0 Å². The van der Waals surface area contributed by atoms with E-state index in [2.05, 4.69) is 40.5 Å².